The van der Waals surface area contributed by atoms with Gasteiger partial charge in [-0.3, -0.25) is 4.79 Å². The maximum absolute atomic E-state index is 13.6. The minimum atomic E-state index is -6.83. The molecule has 0 amide bonds. The van der Waals surface area contributed by atoms with Gasteiger partial charge >= 0.3 is 24.2 Å². The summed E-state index contributed by atoms with van der Waals surface area (Å²) in [7, 11) is 0. The van der Waals surface area contributed by atoms with Crippen molar-refractivity contribution < 1.29 is 49.4 Å². The Morgan fingerprint density at radius 1 is 0.950 bits per heavy atom. The number of alkyl halides is 10. The third kappa shape index (κ3) is 3.24. The third-order valence-electron chi connectivity index (χ3n) is 2.32. The van der Waals surface area contributed by atoms with Gasteiger partial charge in [0.05, 0.1) is 0 Å². The number of carboxylic acids is 1. The number of carbonyl (C=O) groups is 1. The Morgan fingerprint density at radius 2 is 1.30 bits per heavy atom. The molecule has 12 heteroatoms. The first kappa shape index (κ1) is 19.6. The molecule has 1 N–H and O–H groups in total. The fraction of sp³-hybridized carbons (Fsp3) is 0.875. The van der Waals surface area contributed by atoms with Crippen LogP contribution in [0.4, 0.5) is 39.5 Å². The van der Waals surface area contributed by atoms with Crippen LogP contribution in [0.1, 0.15) is 13.3 Å². The summed E-state index contributed by atoms with van der Waals surface area (Å²) in [5.74, 6) is -8.96. The molecule has 0 aromatic heterocycles. The number of halogens is 10. The standard InChI is InChI=1S/C8H6F9IO2/c1-4(18,3(19)20)2-5(9,7(12,13)14)6(10,11)8(15,16)17/h2H2,1H3,(H,19,20). The minimum Gasteiger partial charge on any atom is -0.480 e. The summed E-state index contributed by atoms with van der Waals surface area (Å²) in [6, 6.07) is 0. The van der Waals surface area contributed by atoms with Crippen LogP contribution in [0.2, 0.25) is 0 Å². The highest BCUT2D eigenvalue weighted by Gasteiger charge is 2.81. The zero-order valence-corrected chi connectivity index (χ0v) is 11.5. The molecule has 0 rings (SSSR count). The van der Waals surface area contributed by atoms with E-state index in [4.69, 9.17) is 5.11 Å². The van der Waals surface area contributed by atoms with Crippen LogP contribution in [0, 0.1) is 0 Å². The highest BCUT2D eigenvalue weighted by atomic mass is 127. The molecule has 0 saturated heterocycles. The molecule has 0 heterocycles. The SMILES string of the molecule is CC(I)(CC(F)(C(F)(F)F)C(F)(F)C(F)(F)F)C(=O)O. The van der Waals surface area contributed by atoms with Gasteiger partial charge in [-0.05, 0) is 6.92 Å². The maximum Gasteiger partial charge on any atom is 0.457 e. The molecule has 20 heavy (non-hydrogen) atoms. The first-order chi connectivity index (χ1) is 8.40. The van der Waals surface area contributed by atoms with Gasteiger partial charge in [0.25, 0.3) is 5.67 Å². The number of hydrogen-bond donors (Lipinski definition) is 1. The van der Waals surface area contributed by atoms with Gasteiger partial charge in [-0.15, -0.1) is 0 Å². The van der Waals surface area contributed by atoms with Crippen molar-refractivity contribution in [1.29, 1.82) is 0 Å². The molecular weight excluding hydrogens is 426 g/mol. The molecule has 0 spiro atoms. The topological polar surface area (TPSA) is 37.3 Å². The second-order valence-electron chi connectivity index (χ2n) is 4.05. The average molecular weight is 432 g/mol. The number of aliphatic carboxylic acids is 1. The van der Waals surface area contributed by atoms with E-state index in [9.17, 15) is 44.3 Å². The molecule has 2 atom stereocenters. The van der Waals surface area contributed by atoms with Crippen molar-refractivity contribution in [3.63, 3.8) is 0 Å². The zero-order valence-electron chi connectivity index (χ0n) is 9.34. The van der Waals surface area contributed by atoms with Crippen molar-refractivity contribution in [2.24, 2.45) is 0 Å². The second-order valence-corrected chi connectivity index (χ2v) is 6.43. The largest absolute Gasteiger partial charge is 0.480 e. The average Bonchev–Trinajstić information content (AvgIpc) is 2.12. The van der Waals surface area contributed by atoms with Crippen LogP contribution in [0.15, 0.2) is 0 Å². The molecule has 0 aliphatic heterocycles. The molecule has 0 radical (unpaired) electrons. The van der Waals surface area contributed by atoms with Gasteiger partial charge in [0.2, 0.25) is 0 Å². The summed E-state index contributed by atoms with van der Waals surface area (Å²) < 4.78 is 110. The predicted molar refractivity (Wildman–Crippen MR) is 55.6 cm³/mol. The van der Waals surface area contributed by atoms with E-state index in [1.807, 2.05) is 0 Å². The first-order valence-electron chi connectivity index (χ1n) is 4.52. The van der Waals surface area contributed by atoms with E-state index >= 15 is 0 Å². The van der Waals surface area contributed by atoms with E-state index in [1.54, 1.807) is 0 Å². The van der Waals surface area contributed by atoms with Gasteiger partial charge in [0.1, 0.15) is 3.42 Å². The number of hydrogen-bond acceptors (Lipinski definition) is 1. The van der Waals surface area contributed by atoms with Crippen molar-refractivity contribution in [3.8, 4) is 0 Å². The Morgan fingerprint density at radius 3 is 1.50 bits per heavy atom. The van der Waals surface area contributed by atoms with Crippen molar-refractivity contribution in [2.75, 3.05) is 0 Å². The smallest absolute Gasteiger partial charge is 0.457 e. The van der Waals surface area contributed by atoms with Gasteiger partial charge in [0.15, 0.2) is 0 Å². The van der Waals surface area contributed by atoms with E-state index in [-0.39, 0.29) is 0 Å². The van der Waals surface area contributed by atoms with E-state index in [2.05, 4.69) is 0 Å². The molecule has 0 fully saturated rings. The van der Waals surface area contributed by atoms with Gasteiger partial charge in [0, 0.05) is 6.42 Å². The predicted octanol–water partition coefficient (Wildman–Crippen LogP) is 4.12. The molecule has 0 aliphatic rings. The molecular formula is C8H6F9IO2. The molecule has 2 unspecified atom stereocenters. The van der Waals surface area contributed by atoms with Crippen molar-refractivity contribution in [3.05, 3.63) is 0 Å². The highest BCUT2D eigenvalue weighted by Crippen LogP contribution is 2.56. The van der Waals surface area contributed by atoms with Crippen LogP contribution >= 0.6 is 22.6 Å². The summed E-state index contributed by atoms with van der Waals surface area (Å²) in [5.41, 5.74) is -6.06. The summed E-state index contributed by atoms with van der Waals surface area (Å²) in [5, 5.41) is 8.47. The lowest BCUT2D eigenvalue weighted by atomic mass is 9.86. The third-order valence-corrected chi connectivity index (χ3v) is 3.17. The lowest BCUT2D eigenvalue weighted by molar-refractivity contribution is -0.385. The van der Waals surface area contributed by atoms with Crippen molar-refractivity contribution in [1.82, 2.24) is 0 Å². The van der Waals surface area contributed by atoms with E-state index < -0.39 is 39.8 Å². The Balaban J connectivity index is 6.00. The number of carboxylic acid groups (broad SMARTS) is 1. The lowest BCUT2D eigenvalue weighted by Gasteiger charge is -2.38. The summed E-state index contributed by atoms with van der Waals surface area (Å²) in [6.45, 7) is 0.391. The summed E-state index contributed by atoms with van der Waals surface area (Å²) in [4.78, 5) is 10.5. The van der Waals surface area contributed by atoms with Crippen LogP contribution in [-0.4, -0.2) is 38.4 Å². The Kier molecular flexibility index (Phi) is 4.98. The molecule has 2 nitrogen and oxygen atoms in total. The maximum atomic E-state index is 13.6. The van der Waals surface area contributed by atoms with Crippen LogP contribution in [0.3, 0.4) is 0 Å². The van der Waals surface area contributed by atoms with Gasteiger partial charge in [-0.25, -0.2) is 4.39 Å². The van der Waals surface area contributed by atoms with Gasteiger partial charge < -0.3 is 5.11 Å². The Hall–Kier alpha value is -0.430. The fourth-order valence-electron chi connectivity index (χ4n) is 1.15. The molecule has 0 aliphatic carbocycles. The minimum absolute atomic E-state index is 0.391. The van der Waals surface area contributed by atoms with E-state index in [0.717, 1.165) is 0 Å². The molecule has 0 aromatic carbocycles. The fourth-order valence-corrected chi connectivity index (χ4v) is 1.67. The van der Waals surface area contributed by atoms with Crippen LogP contribution in [0.25, 0.3) is 0 Å². The quantitative estimate of drug-likeness (QED) is 0.413. The summed E-state index contributed by atoms with van der Waals surface area (Å²) >= 11 is 0.659. The zero-order chi connectivity index (χ0) is 16.8. The second kappa shape index (κ2) is 5.09. The molecule has 0 saturated carbocycles. The number of rotatable bonds is 4. The molecule has 0 aromatic rings. The van der Waals surface area contributed by atoms with Crippen molar-refractivity contribution in [2.45, 2.75) is 40.7 Å². The molecule has 0 bridgehead atoms. The normalized spacial score (nSPS) is 20.1. The first-order valence-corrected chi connectivity index (χ1v) is 5.60. The molecule has 120 valence electrons. The lowest BCUT2D eigenvalue weighted by Crippen LogP contribution is -2.64. The van der Waals surface area contributed by atoms with Gasteiger partial charge in [-0.2, -0.15) is 35.1 Å². The van der Waals surface area contributed by atoms with E-state index in [0.29, 0.717) is 29.5 Å². The van der Waals surface area contributed by atoms with Gasteiger partial charge in [-0.1, -0.05) is 22.6 Å². The van der Waals surface area contributed by atoms with Crippen molar-refractivity contribution >= 4 is 28.6 Å². The highest BCUT2D eigenvalue weighted by molar-refractivity contribution is 14.1. The van der Waals surface area contributed by atoms with Crippen LogP contribution in [-0.2, 0) is 4.79 Å². The van der Waals surface area contributed by atoms with Crippen LogP contribution < -0.4 is 0 Å². The monoisotopic (exact) mass is 432 g/mol. The van der Waals surface area contributed by atoms with Crippen LogP contribution in [0.5, 0.6) is 0 Å². The Labute approximate surface area is 119 Å². The summed E-state index contributed by atoms with van der Waals surface area (Å²) in [6.07, 6.45) is -16.1. The van der Waals surface area contributed by atoms with E-state index in [1.165, 1.54) is 0 Å². The Bertz CT molecular complexity index is 386.